The van der Waals surface area contributed by atoms with Crippen LogP contribution in [-0.4, -0.2) is 27.9 Å². The fourth-order valence-corrected chi connectivity index (χ4v) is 5.26. The van der Waals surface area contributed by atoms with Gasteiger partial charge in [-0.1, -0.05) is 113 Å². The van der Waals surface area contributed by atoms with Crippen LogP contribution in [0.4, 0.5) is 0 Å². The lowest BCUT2D eigenvalue weighted by Gasteiger charge is -2.04. The molecule has 0 aliphatic heterocycles. The molecule has 0 aromatic carbocycles. The monoisotopic (exact) mass is 562 g/mol. The Morgan fingerprint density at radius 3 is 1.63 bits per heavy atom. The third-order valence-electron chi connectivity index (χ3n) is 7.81. The van der Waals surface area contributed by atoms with Crippen LogP contribution in [0.5, 0.6) is 0 Å². The maximum atomic E-state index is 11.9. The van der Waals surface area contributed by atoms with Crippen LogP contribution in [0.2, 0.25) is 0 Å². The first-order chi connectivity index (χ1) is 20.3. The van der Waals surface area contributed by atoms with E-state index in [2.05, 4.69) is 39.4 Å². The van der Waals surface area contributed by atoms with Crippen molar-refractivity contribution in [1.82, 2.24) is 9.97 Å². The second kappa shape index (κ2) is 26.3. The number of azo groups is 1. The van der Waals surface area contributed by atoms with E-state index >= 15 is 0 Å². The smallest absolute Gasteiger partial charge is 0.180 e. The van der Waals surface area contributed by atoms with Crippen molar-refractivity contribution in [3.8, 4) is 0 Å². The molecule has 0 aliphatic rings. The summed E-state index contributed by atoms with van der Waals surface area (Å²) in [5.41, 5.74) is 2.68. The molecule has 0 N–H and O–H groups in total. The summed E-state index contributed by atoms with van der Waals surface area (Å²) >= 11 is 0. The number of hydrogen-bond acceptors (Lipinski definition) is 4. The van der Waals surface area contributed by atoms with Crippen molar-refractivity contribution < 1.29 is 4.86 Å². The van der Waals surface area contributed by atoms with Crippen LogP contribution in [0.3, 0.4) is 0 Å². The highest BCUT2D eigenvalue weighted by atomic mass is 16.5. The zero-order valence-electron chi connectivity index (χ0n) is 25.9. The predicted octanol–water partition coefficient (Wildman–Crippen LogP) is 10.6. The molecular formula is C36H58N4O. The Morgan fingerprint density at radius 2 is 1.05 bits per heavy atom. The molecule has 2 aromatic heterocycles. The number of rotatable bonds is 27. The lowest BCUT2D eigenvalue weighted by molar-refractivity contribution is -0.531. The van der Waals surface area contributed by atoms with Crippen LogP contribution < -0.4 is 0 Å². The first kappa shape index (κ1) is 34.6. The maximum absolute atomic E-state index is 11.9. The molecule has 0 bridgehead atoms. The molecule has 0 fully saturated rings. The quantitative estimate of drug-likeness (QED) is 0.0357. The Kier molecular flexibility index (Phi) is 22.3. The molecule has 0 saturated heterocycles. The number of aryl methyl sites for hydroxylation is 2. The van der Waals surface area contributed by atoms with Crippen molar-refractivity contribution in [1.29, 1.82) is 0 Å². The van der Waals surface area contributed by atoms with Crippen LogP contribution >= 0.6 is 0 Å². The predicted molar refractivity (Wildman–Crippen MR) is 173 cm³/mol. The summed E-state index contributed by atoms with van der Waals surface area (Å²) in [6.45, 7) is 1.26. The van der Waals surface area contributed by atoms with Gasteiger partial charge in [-0.05, 0) is 79.7 Å². The van der Waals surface area contributed by atoms with Crippen LogP contribution in [0.15, 0.2) is 66.3 Å². The number of hydroxylamine groups is 1. The summed E-state index contributed by atoms with van der Waals surface area (Å²) in [6.07, 6.45) is 39.6. The molecule has 0 aliphatic carbocycles. The van der Waals surface area contributed by atoms with Gasteiger partial charge in [0, 0.05) is 31.2 Å². The Labute approximate surface area is 251 Å². The summed E-state index contributed by atoms with van der Waals surface area (Å²) < 4.78 is 0. The van der Waals surface area contributed by atoms with Crippen LogP contribution in [0, 0.1) is 5.21 Å². The number of aromatic nitrogens is 2. The molecule has 0 spiro atoms. The molecule has 41 heavy (non-hydrogen) atoms. The zero-order chi connectivity index (χ0) is 28.9. The summed E-state index contributed by atoms with van der Waals surface area (Å²) in [5, 5.41) is 16.1. The largest absolute Gasteiger partial charge is 0.600 e. The maximum Gasteiger partial charge on any atom is 0.180 e. The van der Waals surface area contributed by atoms with Gasteiger partial charge in [0.1, 0.15) is 6.54 Å². The SMILES string of the molecule is [O-][N+](CCCCCCCCCCC=CCCc1cccnc1)=NCCCCCCCCCCCCc1cccnc1. The molecule has 5 heteroatoms. The van der Waals surface area contributed by atoms with Crippen molar-refractivity contribution >= 4 is 0 Å². The minimum absolute atomic E-state index is 0.565. The number of allylic oxidation sites excluding steroid dienone is 2. The molecule has 0 saturated carbocycles. The van der Waals surface area contributed by atoms with Crippen molar-refractivity contribution in [2.75, 3.05) is 13.1 Å². The third kappa shape index (κ3) is 21.8. The number of unbranched alkanes of at least 4 members (excludes halogenated alkanes) is 17. The lowest BCUT2D eigenvalue weighted by atomic mass is 10.0. The van der Waals surface area contributed by atoms with E-state index in [0.29, 0.717) is 13.1 Å². The molecular weight excluding hydrogens is 504 g/mol. The zero-order valence-corrected chi connectivity index (χ0v) is 25.9. The number of hydrogen-bond donors (Lipinski definition) is 0. The second-order valence-corrected chi connectivity index (χ2v) is 11.6. The van der Waals surface area contributed by atoms with Crippen molar-refractivity contribution in [2.45, 2.75) is 141 Å². The molecule has 5 nitrogen and oxygen atoms in total. The topological polar surface area (TPSA) is 64.2 Å². The van der Waals surface area contributed by atoms with Crippen LogP contribution in [0.25, 0.3) is 0 Å². The summed E-state index contributed by atoms with van der Waals surface area (Å²) in [6, 6.07) is 8.35. The van der Waals surface area contributed by atoms with Gasteiger partial charge in [0.15, 0.2) is 6.54 Å². The molecule has 0 unspecified atom stereocenters. The van der Waals surface area contributed by atoms with Crippen molar-refractivity contribution in [2.24, 2.45) is 5.11 Å². The van der Waals surface area contributed by atoms with Gasteiger partial charge in [-0.3, -0.25) is 9.97 Å². The number of pyridine rings is 2. The molecule has 0 amide bonds. The standard InChI is InChI=1S/C36H58N4O/c41-40(39-31-21-17-13-9-5-4-8-12-16-20-26-36-28-24-30-38-34-36)32-22-18-14-10-6-2-1-3-7-11-15-19-25-35-27-23-29-37-33-35/h11,15,23-24,27-30,33-34H,1-10,12-14,16-22,25-26,31-32H2. The Hall–Kier alpha value is -2.56. The highest BCUT2D eigenvalue weighted by molar-refractivity contribution is 5.09. The van der Waals surface area contributed by atoms with Crippen molar-refractivity contribution in [3.63, 3.8) is 0 Å². The van der Waals surface area contributed by atoms with Gasteiger partial charge in [0.25, 0.3) is 0 Å². The summed E-state index contributed by atoms with van der Waals surface area (Å²) in [7, 11) is 0. The van der Waals surface area contributed by atoms with E-state index in [1.807, 2.05) is 36.9 Å². The average Bonchev–Trinajstić information content (AvgIpc) is 3.00. The second-order valence-electron chi connectivity index (χ2n) is 11.6. The Bertz CT molecular complexity index is 885. The Morgan fingerprint density at radius 1 is 0.561 bits per heavy atom. The third-order valence-corrected chi connectivity index (χ3v) is 7.81. The highest BCUT2D eigenvalue weighted by Crippen LogP contribution is 2.13. The molecule has 2 aromatic rings. The van der Waals surface area contributed by atoms with Crippen LogP contribution in [0.1, 0.15) is 140 Å². The first-order valence-electron chi connectivity index (χ1n) is 16.9. The Balaban J connectivity index is 1.24. The van der Waals surface area contributed by atoms with Gasteiger partial charge in [-0.2, -0.15) is 0 Å². The van der Waals surface area contributed by atoms with E-state index < -0.39 is 0 Å². The minimum Gasteiger partial charge on any atom is -0.600 e. The molecule has 2 heterocycles. The fraction of sp³-hybridized carbons (Fsp3) is 0.667. The van der Waals surface area contributed by atoms with Gasteiger partial charge in [-0.15, -0.1) is 0 Å². The molecule has 2 rings (SSSR count). The van der Waals surface area contributed by atoms with Crippen molar-refractivity contribution in [3.05, 3.63) is 77.5 Å². The van der Waals surface area contributed by atoms with Gasteiger partial charge < -0.3 is 5.21 Å². The first-order valence-corrected chi connectivity index (χ1v) is 16.9. The fourth-order valence-electron chi connectivity index (χ4n) is 5.26. The van der Waals surface area contributed by atoms with E-state index in [0.717, 1.165) is 43.4 Å². The van der Waals surface area contributed by atoms with Gasteiger partial charge in [-0.25, -0.2) is 0 Å². The number of nitrogens with zero attached hydrogens (tertiary/aromatic N) is 4. The van der Waals surface area contributed by atoms with E-state index in [9.17, 15) is 5.21 Å². The molecule has 0 radical (unpaired) electrons. The lowest BCUT2D eigenvalue weighted by Crippen LogP contribution is -2.04. The molecule has 228 valence electrons. The van der Waals surface area contributed by atoms with E-state index in [-0.39, 0.29) is 0 Å². The van der Waals surface area contributed by atoms with Crippen LogP contribution in [-0.2, 0) is 12.8 Å². The van der Waals surface area contributed by atoms with Gasteiger partial charge in [0.2, 0.25) is 0 Å². The average molecular weight is 563 g/mol. The minimum atomic E-state index is 0.565. The summed E-state index contributed by atoms with van der Waals surface area (Å²) in [5.74, 6) is 0. The van der Waals surface area contributed by atoms with E-state index in [4.69, 9.17) is 0 Å². The van der Waals surface area contributed by atoms with E-state index in [1.54, 1.807) is 0 Å². The van der Waals surface area contributed by atoms with E-state index in [1.165, 1.54) is 114 Å². The molecule has 0 atom stereocenters. The van der Waals surface area contributed by atoms with Gasteiger partial charge >= 0.3 is 0 Å². The normalized spacial score (nSPS) is 12.0. The van der Waals surface area contributed by atoms with Gasteiger partial charge in [0.05, 0.1) is 0 Å². The highest BCUT2D eigenvalue weighted by Gasteiger charge is 1.99. The summed E-state index contributed by atoms with van der Waals surface area (Å²) in [4.78, 5) is 9.29.